The lowest BCUT2D eigenvalue weighted by Gasteiger charge is -2.07. The number of amides is 1. The van der Waals surface area contributed by atoms with Crippen LogP contribution in [0.5, 0.6) is 0 Å². The Morgan fingerprint density at radius 3 is 2.35 bits per heavy atom. The van der Waals surface area contributed by atoms with Crippen molar-refractivity contribution < 1.29 is 13.2 Å². The smallest absolute Gasteiger partial charge is 0.225 e. The van der Waals surface area contributed by atoms with Crippen LogP contribution >= 0.6 is 0 Å². The average Bonchev–Trinajstić information content (AvgIpc) is 3.09. The lowest BCUT2D eigenvalue weighted by molar-refractivity contribution is -0.115. The van der Waals surface area contributed by atoms with E-state index >= 15 is 0 Å². The van der Waals surface area contributed by atoms with E-state index in [4.69, 9.17) is 0 Å². The van der Waals surface area contributed by atoms with E-state index < -0.39 is 9.84 Å². The molecule has 0 saturated carbocycles. The monoisotopic (exact) mass is 371 g/mol. The maximum atomic E-state index is 12.3. The van der Waals surface area contributed by atoms with Crippen LogP contribution in [0.1, 0.15) is 12.2 Å². The number of aromatic nitrogens is 4. The van der Waals surface area contributed by atoms with Gasteiger partial charge in [0.25, 0.3) is 0 Å². The fraction of sp³-hybridized carbons (Fsp3) is 0.176. The Bertz CT molecular complexity index is 972. The van der Waals surface area contributed by atoms with Crippen molar-refractivity contribution in [3.63, 3.8) is 0 Å². The molecule has 26 heavy (non-hydrogen) atoms. The third kappa shape index (κ3) is 4.73. The normalized spacial score (nSPS) is 11.2. The van der Waals surface area contributed by atoms with Crippen LogP contribution in [0.15, 0.2) is 60.7 Å². The number of para-hydroxylation sites is 2. The fourth-order valence-corrected chi connectivity index (χ4v) is 3.54. The molecule has 0 spiro atoms. The van der Waals surface area contributed by atoms with Crippen molar-refractivity contribution in [1.29, 1.82) is 0 Å². The van der Waals surface area contributed by atoms with E-state index in [1.807, 2.05) is 24.3 Å². The third-order valence-electron chi connectivity index (χ3n) is 3.58. The molecule has 2 aromatic carbocycles. The molecule has 0 aliphatic heterocycles. The molecule has 0 fully saturated rings. The summed E-state index contributed by atoms with van der Waals surface area (Å²) in [7, 11) is -3.55. The summed E-state index contributed by atoms with van der Waals surface area (Å²) in [5.41, 5.74) is 1.30. The summed E-state index contributed by atoms with van der Waals surface area (Å²) >= 11 is 0. The SMILES string of the molecule is O=C(CCS(=O)(=O)Cc1nnnn1-c1ccccc1)Nc1ccccc1. The highest BCUT2D eigenvalue weighted by atomic mass is 32.2. The molecule has 1 aromatic heterocycles. The molecular weight excluding hydrogens is 354 g/mol. The minimum atomic E-state index is -3.55. The first-order valence-electron chi connectivity index (χ1n) is 7.91. The molecule has 0 bridgehead atoms. The first-order chi connectivity index (χ1) is 12.5. The van der Waals surface area contributed by atoms with E-state index in [1.165, 1.54) is 4.68 Å². The number of hydrogen-bond donors (Lipinski definition) is 1. The molecule has 0 atom stereocenters. The first kappa shape index (κ1) is 17.7. The molecule has 0 unspecified atom stereocenters. The number of anilines is 1. The van der Waals surface area contributed by atoms with Gasteiger partial charge in [-0.1, -0.05) is 36.4 Å². The zero-order chi connectivity index (χ0) is 18.4. The number of carbonyl (C=O) groups is 1. The van der Waals surface area contributed by atoms with Crippen molar-refractivity contribution in [2.75, 3.05) is 11.1 Å². The first-order valence-corrected chi connectivity index (χ1v) is 9.74. The minimum Gasteiger partial charge on any atom is -0.326 e. The summed E-state index contributed by atoms with van der Waals surface area (Å²) < 4.78 is 26.1. The van der Waals surface area contributed by atoms with Gasteiger partial charge in [-0.3, -0.25) is 4.79 Å². The van der Waals surface area contributed by atoms with Crippen molar-refractivity contribution in [1.82, 2.24) is 20.2 Å². The summed E-state index contributed by atoms with van der Waals surface area (Å²) in [4.78, 5) is 11.9. The van der Waals surface area contributed by atoms with Crippen LogP contribution in [0.4, 0.5) is 5.69 Å². The average molecular weight is 371 g/mol. The van der Waals surface area contributed by atoms with Gasteiger partial charge < -0.3 is 5.32 Å². The maximum Gasteiger partial charge on any atom is 0.225 e. The van der Waals surface area contributed by atoms with Gasteiger partial charge in [-0.15, -0.1) is 5.10 Å². The van der Waals surface area contributed by atoms with Crippen molar-refractivity contribution >= 4 is 21.4 Å². The second-order valence-electron chi connectivity index (χ2n) is 5.60. The van der Waals surface area contributed by atoms with Gasteiger partial charge in [0, 0.05) is 12.1 Å². The van der Waals surface area contributed by atoms with Gasteiger partial charge in [0.2, 0.25) is 5.91 Å². The van der Waals surface area contributed by atoms with Crippen molar-refractivity contribution in [3.8, 4) is 5.69 Å². The summed E-state index contributed by atoms with van der Waals surface area (Å²) in [5, 5.41) is 13.8. The Morgan fingerprint density at radius 2 is 1.65 bits per heavy atom. The zero-order valence-corrected chi connectivity index (χ0v) is 14.6. The number of carbonyl (C=O) groups excluding carboxylic acids is 1. The van der Waals surface area contributed by atoms with E-state index in [0.717, 1.165) is 0 Å². The van der Waals surface area contributed by atoms with E-state index in [2.05, 4.69) is 20.8 Å². The molecule has 9 heteroatoms. The number of rotatable bonds is 7. The maximum absolute atomic E-state index is 12.3. The van der Waals surface area contributed by atoms with Crippen LogP contribution in [0, 0.1) is 0 Å². The van der Waals surface area contributed by atoms with Gasteiger partial charge in [-0.05, 0) is 34.7 Å². The standard InChI is InChI=1S/C17H17N5O3S/c23-17(18-14-7-3-1-4-8-14)11-12-26(24,25)13-16-19-20-21-22(16)15-9-5-2-6-10-15/h1-10H,11-13H2,(H,18,23). The van der Waals surface area contributed by atoms with Gasteiger partial charge in [0.15, 0.2) is 15.7 Å². The van der Waals surface area contributed by atoms with Gasteiger partial charge in [-0.2, -0.15) is 4.68 Å². The molecule has 1 N–H and O–H groups in total. The van der Waals surface area contributed by atoms with Crippen molar-refractivity contribution in [3.05, 3.63) is 66.5 Å². The molecule has 8 nitrogen and oxygen atoms in total. The van der Waals surface area contributed by atoms with E-state index in [9.17, 15) is 13.2 Å². The molecule has 1 heterocycles. The quantitative estimate of drug-likeness (QED) is 0.676. The number of benzene rings is 2. The highest BCUT2D eigenvalue weighted by molar-refractivity contribution is 7.90. The number of hydrogen-bond acceptors (Lipinski definition) is 6. The minimum absolute atomic E-state index is 0.135. The van der Waals surface area contributed by atoms with Gasteiger partial charge >= 0.3 is 0 Å². The largest absolute Gasteiger partial charge is 0.326 e. The second-order valence-corrected chi connectivity index (χ2v) is 7.78. The van der Waals surface area contributed by atoms with Gasteiger partial charge in [0.05, 0.1) is 11.4 Å². The second kappa shape index (κ2) is 7.87. The Hall–Kier alpha value is -3.07. The summed E-state index contributed by atoms with van der Waals surface area (Å²) in [6.07, 6.45) is -0.135. The molecule has 0 saturated heterocycles. The number of sulfone groups is 1. The molecular formula is C17H17N5O3S. The molecule has 0 aliphatic rings. The molecule has 3 aromatic rings. The Balaban J connectivity index is 1.62. The van der Waals surface area contributed by atoms with Crippen molar-refractivity contribution in [2.24, 2.45) is 0 Å². The molecule has 3 rings (SSSR count). The van der Waals surface area contributed by atoms with E-state index in [0.29, 0.717) is 11.4 Å². The number of nitrogens with one attached hydrogen (secondary N) is 1. The van der Waals surface area contributed by atoms with Crippen LogP contribution < -0.4 is 5.32 Å². The van der Waals surface area contributed by atoms with Gasteiger partial charge in [0.1, 0.15) is 5.75 Å². The topological polar surface area (TPSA) is 107 Å². The molecule has 0 aliphatic carbocycles. The Morgan fingerprint density at radius 1 is 1.00 bits per heavy atom. The molecule has 134 valence electrons. The lowest BCUT2D eigenvalue weighted by Crippen LogP contribution is -2.19. The zero-order valence-electron chi connectivity index (χ0n) is 13.8. The molecule has 0 radical (unpaired) electrons. The van der Waals surface area contributed by atoms with E-state index in [1.54, 1.807) is 36.4 Å². The molecule has 1 amide bonds. The fourth-order valence-electron chi connectivity index (χ4n) is 2.33. The van der Waals surface area contributed by atoms with Gasteiger partial charge in [-0.25, -0.2) is 8.42 Å². The van der Waals surface area contributed by atoms with E-state index in [-0.39, 0.29) is 29.7 Å². The summed E-state index contributed by atoms with van der Waals surface area (Å²) in [6, 6.07) is 17.9. The summed E-state index contributed by atoms with van der Waals surface area (Å²) in [6.45, 7) is 0. The van der Waals surface area contributed by atoms with Crippen LogP contribution in [-0.2, 0) is 20.4 Å². The van der Waals surface area contributed by atoms with Crippen LogP contribution in [-0.4, -0.2) is 40.3 Å². The summed E-state index contributed by atoms with van der Waals surface area (Å²) in [5.74, 6) is -0.775. The third-order valence-corrected chi connectivity index (χ3v) is 5.11. The number of tetrazole rings is 1. The highest BCUT2D eigenvalue weighted by Gasteiger charge is 2.19. The predicted octanol–water partition coefficient (Wildman–Crippen LogP) is 1.61. The predicted molar refractivity (Wildman–Crippen MR) is 96.3 cm³/mol. The number of nitrogens with zero attached hydrogens (tertiary/aromatic N) is 4. The van der Waals surface area contributed by atoms with Crippen molar-refractivity contribution in [2.45, 2.75) is 12.2 Å². The lowest BCUT2D eigenvalue weighted by atomic mass is 10.3. The Kier molecular flexibility index (Phi) is 5.37. The van der Waals surface area contributed by atoms with Crippen LogP contribution in [0.25, 0.3) is 5.69 Å². The van der Waals surface area contributed by atoms with Crippen LogP contribution in [0.2, 0.25) is 0 Å². The Labute approximate surface area is 150 Å². The highest BCUT2D eigenvalue weighted by Crippen LogP contribution is 2.11. The van der Waals surface area contributed by atoms with Crippen LogP contribution in [0.3, 0.4) is 0 Å².